The van der Waals surface area contributed by atoms with E-state index >= 15 is 0 Å². The van der Waals surface area contributed by atoms with Gasteiger partial charge in [0.05, 0.1) is 18.2 Å². The number of hydrogen-bond donors (Lipinski definition) is 1. The number of halogens is 4. The topological polar surface area (TPSA) is 38.5 Å². The molecule has 2 aliphatic rings. The van der Waals surface area contributed by atoms with E-state index in [4.69, 9.17) is 10.6 Å². The first-order chi connectivity index (χ1) is 15.9. The maximum Gasteiger partial charge on any atom is 0.416 e. The molecule has 1 saturated heterocycles. The summed E-state index contributed by atoms with van der Waals surface area (Å²) in [7, 11) is 0. The minimum absolute atomic E-state index is 0. The van der Waals surface area contributed by atoms with E-state index in [0.29, 0.717) is 12.5 Å². The summed E-state index contributed by atoms with van der Waals surface area (Å²) in [5.41, 5.74) is 4.52. The molecular weight excluding hydrogens is 461 g/mol. The lowest BCUT2D eigenvalue weighted by atomic mass is 9.80. The number of alkyl halides is 3. The SMILES string of the molecule is Cl.NN1CCC[C@@H](Cc2cc(-c3ccc(C(F)(F)F)cc3)cc3c2OCC3)[C@H]1c1ccccc1. The van der Waals surface area contributed by atoms with Crippen LogP contribution >= 0.6 is 12.4 Å². The molecule has 2 aliphatic heterocycles. The van der Waals surface area contributed by atoms with Gasteiger partial charge in [-0.05, 0) is 77.3 Å². The van der Waals surface area contributed by atoms with E-state index < -0.39 is 11.7 Å². The first kappa shape index (κ1) is 24.6. The van der Waals surface area contributed by atoms with Crippen molar-refractivity contribution in [2.75, 3.05) is 13.2 Å². The lowest BCUT2D eigenvalue weighted by Crippen LogP contribution is -2.44. The van der Waals surface area contributed by atoms with Gasteiger partial charge in [0.1, 0.15) is 5.75 Å². The number of nitrogens with zero attached hydrogens (tertiary/aromatic N) is 1. The highest BCUT2D eigenvalue weighted by atomic mass is 35.5. The molecule has 0 spiro atoms. The number of rotatable bonds is 4. The molecule has 0 amide bonds. The van der Waals surface area contributed by atoms with Crippen LogP contribution in [0.5, 0.6) is 5.75 Å². The van der Waals surface area contributed by atoms with Crippen molar-refractivity contribution >= 4 is 12.4 Å². The van der Waals surface area contributed by atoms with Crippen LogP contribution in [-0.2, 0) is 19.0 Å². The van der Waals surface area contributed by atoms with E-state index in [2.05, 4.69) is 24.3 Å². The quantitative estimate of drug-likeness (QED) is 0.420. The third-order valence-electron chi connectivity index (χ3n) is 6.82. The zero-order valence-corrected chi connectivity index (χ0v) is 19.5. The first-order valence-electron chi connectivity index (χ1n) is 11.4. The summed E-state index contributed by atoms with van der Waals surface area (Å²) in [6.45, 7) is 1.49. The molecule has 7 heteroatoms. The van der Waals surface area contributed by atoms with Gasteiger partial charge in [-0.25, -0.2) is 5.01 Å². The molecule has 0 bridgehead atoms. The second-order valence-electron chi connectivity index (χ2n) is 9.00. The van der Waals surface area contributed by atoms with Crippen LogP contribution in [0.4, 0.5) is 13.2 Å². The number of fused-ring (bicyclic) bond motifs is 1. The minimum Gasteiger partial charge on any atom is -0.493 e. The Morgan fingerprint density at radius 2 is 1.71 bits per heavy atom. The number of piperidine rings is 1. The first-order valence-corrected chi connectivity index (χ1v) is 11.4. The molecule has 2 heterocycles. The Bertz CT molecular complexity index is 1120. The van der Waals surface area contributed by atoms with Gasteiger partial charge in [-0.3, -0.25) is 5.84 Å². The number of benzene rings is 3. The number of nitrogens with two attached hydrogens (primary N) is 1. The molecule has 0 saturated carbocycles. The van der Waals surface area contributed by atoms with Crippen LogP contribution in [0.1, 0.15) is 41.1 Å². The Morgan fingerprint density at radius 3 is 2.41 bits per heavy atom. The molecule has 2 N–H and O–H groups in total. The lowest BCUT2D eigenvalue weighted by Gasteiger charge is -2.39. The fourth-order valence-corrected chi connectivity index (χ4v) is 5.27. The molecule has 34 heavy (non-hydrogen) atoms. The average molecular weight is 489 g/mol. The molecule has 5 rings (SSSR count). The van der Waals surface area contributed by atoms with Gasteiger partial charge in [-0.15, -0.1) is 12.4 Å². The van der Waals surface area contributed by atoms with Gasteiger partial charge in [-0.2, -0.15) is 13.2 Å². The zero-order chi connectivity index (χ0) is 23.0. The fraction of sp³-hybridized carbons (Fsp3) is 0.333. The van der Waals surface area contributed by atoms with E-state index in [1.807, 2.05) is 23.2 Å². The van der Waals surface area contributed by atoms with Gasteiger partial charge in [-0.1, -0.05) is 42.5 Å². The van der Waals surface area contributed by atoms with Crippen molar-refractivity contribution < 1.29 is 17.9 Å². The molecule has 2 atom stereocenters. The number of ether oxygens (including phenoxy) is 1. The van der Waals surface area contributed by atoms with Crippen LogP contribution in [0.15, 0.2) is 66.7 Å². The van der Waals surface area contributed by atoms with Crippen LogP contribution in [0.25, 0.3) is 11.1 Å². The Hall–Kier alpha value is -2.54. The predicted octanol–water partition coefficient (Wildman–Crippen LogP) is 6.60. The van der Waals surface area contributed by atoms with E-state index in [9.17, 15) is 13.2 Å². The third kappa shape index (κ3) is 4.95. The molecule has 0 aliphatic carbocycles. The van der Waals surface area contributed by atoms with E-state index in [1.165, 1.54) is 5.56 Å². The van der Waals surface area contributed by atoms with E-state index in [1.54, 1.807) is 12.1 Å². The predicted molar refractivity (Wildman–Crippen MR) is 130 cm³/mol. The molecule has 180 valence electrons. The van der Waals surface area contributed by atoms with Crippen LogP contribution in [0.2, 0.25) is 0 Å². The largest absolute Gasteiger partial charge is 0.493 e. The van der Waals surface area contributed by atoms with Crippen molar-refractivity contribution in [3.8, 4) is 16.9 Å². The number of hydrazine groups is 1. The molecule has 3 aromatic rings. The van der Waals surface area contributed by atoms with Crippen molar-refractivity contribution in [2.24, 2.45) is 11.8 Å². The average Bonchev–Trinajstić information content (AvgIpc) is 3.28. The van der Waals surface area contributed by atoms with Crippen molar-refractivity contribution in [1.82, 2.24) is 5.01 Å². The Kier molecular flexibility index (Phi) is 7.22. The highest BCUT2D eigenvalue weighted by Gasteiger charge is 2.33. The van der Waals surface area contributed by atoms with Crippen LogP contribution < -0.4 is 10.6 Å². The minimum atomic E-state index is -4.34. The highest BCUT2D eigenvalue weighted by molar-refractivity contribution is 5.85. The van der Waals surface area contributed by atoms with Gasteiger partial charge in [0.2, 0.25) is 0 Å². The van der Waals surface area contributed by atoms with Crippen molar-refractivity contribution in [3.05, 3.63) is 89.0 Å². The highest BCUT2D eigenvalue weighted by Crippen LogP contribution is 2.41. The Labute approximate surface area is 204 Å². The van der Waals surface area contributed by atoms with Crippen LogP contribution in [0, 0.1) is 5.92 Å². The molecule has 0 radical (unpaired) electrons. The van der Waals surface area contributed by atoms with Gasteiger partial charge in [0.15, 0.2) is 0 Å². The third-order valence-corrected chi connectivity index (χ3v) is 6.82. The van der Waals surface area contributed by atoms with Crippen molar-refractivity contribution in [3.63, 3.8) is 0 Å². The maximum absolute atomic E-state index is 13.0. The number of hydrogen-bond acceptors (Lipinski definition) is 3. The molecule has 3 nitrogen and oxygen atoms in total. The van der Waals surface area contributed by atoms with Gasteiger partial charge < -0.3 is 4.74 Å². The van der Waals surface area contributed by atoms with Gasteiger partial charge in [0.25, 0.3) is 0 Å². The standard InChI is InChI=1S/C27H27F3N2O.ClH/c28-27(29,30)24-10-8-18(9-11-24)22-16-21-12-14-33-26(21)23(17-22)15-20-7-4-13-32(31)25(20)19-5-2-1-3-6-19;/h1-3,5-6,8-11,16-17,20,25H,4,7,12-15,31H2;1H/t20-,25+;/m0./s1. The van der Waals surface area contributed by atoms with E-state index in [0.717, 1.165) is 72.4 Å². The van der Waals surface area contributed by atoms with Crippen molar-refractivity contribution in [2.45, 2.75) is 37.9 Å². The van der Waals surface area contributed by atoms with Crippen LogP contribution in [-0.4, -0.2) is 18.2 Å². The monoisotopic (exact) mass is 488 g/mol. The fourth-order valence-electron chi connectivity index (χ4n) is 5.27. The molecule has 1 fully saturated rings. The van der Waals surface area contributed by atoms with Crippen LogP contribution in [0.3, 0.4) is 0 Å². The summed E-state index contributed by atoms with van der Waals surface area (Å²) < 4.78 is 45.0. The smallest absolute Gasteiger partial charge is 0.416 e. The molecule has 3 aromatic carbocycles. The second-order valence-corrected chi connectivity index (χ2v) is 9.00. The summed E-state index contributed by atoms with van der Waals surface area (Å²) >= 11 is 0. The van der Waals surface area contributed by atoms with E-state index in [-0.39, 0.29) is 18.4 Å². The summed E-state index contributed by atoms with van der Waals surface area (Å²) in [5, 5.41) is 1.95. The molecular formula is C27H28ClF3N2O. The molecule has 0 aromatic heterocycles. The summed E-state index contributed by atoms with van der Waals surface area (Å²) in [5.74, 6) is 7.71. The van der Waals surface area contributed by atoms with Gasteiger partial charge in [0, 0.05) is 13.0 Å². The zero-order valence-electron chi connectivity index (χ0n) is 18.7. The second kappa shape index (κ2) is 9.98. The Balaban J connectivity index is 0.00000274. The maximum atomic E-state index is 13.0. The lowest BCUT2D eigenvalue weighted by molar-refractivity contribution is -0.137. The summed E-state index contributed by atoms with van der Waals surface area (Å²) in [6, 6.07) is 20.0. The normalized spacial score (nSPS) is 20.4. The summed E-state index contributed by atoms with van der Waals surface area (Å²) in [6.07, 6.45) is -0.619. The Morgan fingerprint density at radius 1 is 0.971 bits per heavy atom. The van der Waals surface area contributed by atoms with Gasteiger partial charge >= 0.3 is 6.18 Å². The van der Waals surface area contributed by atoms with Crippen molar-refractivity contribution in [1.29, 1.82) is 0 Å². The molecule has 0 unspecified atom stereocenters. The summed E-state index contributed by atoms with van der Waals surface area (Å²) in [4.78, 5) is 0.